The molecular weight excluding hydrogens is 506 g/mol. The monoisotopic (exact) mass is 535 g/mol. The Hall–Kier alpha value is -3.59. The molecule has 0 unspecified atom stereocenters. The zero-order valence-electron chi connectivity index (χ0n) is 21.0. The fourth-order valence-corrected chi connectivity index (χ4v) is 4.27. The van der Waals surface area contributed by atoms with E-state index in [0.29, 0.717) is 16.3 Å². The number of aromatic nitrogens is 2. The molecule has 4 N–H and O–H groups in total. The first-order valence-electron chi connectivity index (χ1n) is 11.6. The fraction of sp³-hybridized carbons (Fsp3) is 0.179. The third-order valence-electron chi connectivity index (χ3n) is 5.64. The Morgan fingerprint density at radius 1 is 1.05 bits per heavy atom. The lowest BCUT2D eigenvalue weighted by Crippen LogP contribution is -2.15. The number of aldehydes is 1. The lowest BCUT2D eigenvalue weighted by Gasteiger charge is -2.20. The Labute approximate surface area is 227 Å². The number of aryl methyl sites for hydroxylation is 1. The van der Waals surface area contributed by atoms with Gasteiger partial charge in [0.15, 0.2) is 12.0 Å². The van der Waals surface area contributed by atoms with Gasteiger partial charge in [-0.3, -0.25) is 9.59 Å². The average molecular weight is 536 g/mol. The summed E-state index contributed by atoms with van der Waals surface area (Å²) < 4.78 is 1.82. The van der Waals surface area contributed by atoms with Gasteiger partial charge in [0.25, 0.3) is 5.91 Å². The van der Waals surface area contributed by atoms with Gasteiger partial charge >= 0.3 is 0 Å². The van der Waals surface area contributed by atoms with Crippen molar-refractivity contribution in [3.05, 3.63) is 94.1 Å². The van der Waals surface area contributed by atoms with Gasteiger partial charge < -0.3 is 16.4 Å². The largest absolute Gasteiger partial charge is 0.388 e. The van der Waals surface area contributed by atoms with E-state index in [0.717, 1.165) is 52.2 Å². The second kappa shape index (κ2) is 13.1. The zero-order chi connectivity index (χ0) is 26.9. The molecule has 1 aliphatic rings. The standard InChI is InChI=1S/C19H18N4OS.C7H5ClO.C2H7N/c1-21-12-4-2-11-3-9-15-17(19(20)24)22-23(18(15)16(11)10-12)13-5-7-14(25)8-6-13;8-7-4-2-1-3-6(7)5-9;1-3-2/h2,4-8,10,21,25H,3,9H2,1H3,(H2,20,24);1-5H;3H,1-2H3. The molecule has 9 heteroatoms. The summed E-state index contributed by atoms with van der Waals surface area (Å²) in [5.41, 5.74) is 12.6. The van der Waals surface area contributed by atoms with E-state index in [2.05, 4.69) is 46.6 Å². The van der Waals surface area contributed by atoms with Crippen molar-refractivity contribution in [2.75, 3.05) is 26.5 Å². The van der Waals surface area contributed by atoms with Crippen LogP contribution in [0.25, 0.3) is 16.9 Å². The van der Waals surface area contributed by atoms with E-state index < -0.39 is 5.91 Å². The highest BCUT2D eigenvalue weighted by molar-refractivity contribution is 7.80. The molecule has 1 heterocycles. The number of anilines is 1. The van der Waals surface area contributed by atoms with Crippen molar-refractivity contribution in [2.24, 2.45) is 5.73 Å². The molecule has 1 amide bonds. The minimum Gasteiger partial charge on any atom is -0.388 e. The molecule has 192 valence electrons. The summed E-state index contributed by atoms with van der Waals surface area (Å²) >= 11 is 9.93. The smallest absolute Gasteiger partial charge is 0.269 e. The number of amides is 1. The Morgan fingerprint density at radius 3 is 2.30 bits per heavy atom. The summed E-state index contributed by atoms with van der Waals surface area (Å²) in [6, 6.07) is 20.9. The number of rotatable bonds is 4. The number of nitrogens with zero attached hydrogens (tertiary/aromatic N) is 2. The van der Waals surface area contributed by atoms with Gasteiger partial charge in [-0.05, 0) is 75.0 Å². The number of carbonyl (C=O) groups excluding carboxylic acids is 2. The van der Waals surface area contributed by atoms with Crippen LogP contribution in [0, 0.1) is 0 Å². The van der Waals surface area contributed by atoms with E-state index >= 15 is 0 Å². The quantitative estimate of drug-likeness (QED) is 0.216. The summed E-state index contributed by atoms with van der Waals surface area (Å²) in [6.45, 7) is 0. The lowest BCUT2D eigenvalue weighted by atomic mass is 9.88. The van der Waals surface area contributed by atoms with Crippen molar-refractivity contribution >= 4 is 42.1 Å². The first-order chi connectivity index (χ1) is 17.8. The minimum atomic E-state index is -0.492. The summed E-state index contributed by atoms with van der Waals surface area (Å²) in [5, 5.41) is 11.0. The van der Waals surface area contributed by atoms with Gasteiger partial charge in [-0.2, -0.15) is 5.10 Å². The molecule has 0 spiro atoms. The molecule has 0 atom stereocenters. The lowest BCUT2D eigenvalue weighted by molar-refractivity contribution is 0.0993. The molecule has 0 saturated heterocycles. The maximum atomic E-state index is 11.9. The number of carbonyl (C=O) groups is 2. The molecule has 5 rings (SSSR count). The van der Waals surface area contributed by atoms with Gasteiger partial charge in [0.1, 0.15) is 0 Å². The predicted octanol–water partition coefficient (Wildman–Crippen LogP) is 5.06. The van der Waals surface area contributed by atoms with Gasteiger partial charge in [0.05, 0.1) is 16.4 Å². The van der Waals surface area contributed by atoms with Crippen molar-refractivity contribution < 1.29 is 9.59 Å². The third-order valence-corrected chi connectivity index (χ3v) is 6.28. The van der Waals surface area contributed by atoms with Crippen LogP contribution in [0.1, 0.15) is 32.0 Å². The second-order valence-corrected chi connectivity index (χ2v) is 9.15. The van der Waals surface area contributed by atoms with E-state index in [4.69, 9.17) is 17.3 Å². The van der Waals surface area contributed by atoms with Crippen LogP contribution in [0.2, 0.25) is 5.02 Å². The van der Waals surface area contributed by atoms with Gasteiger partial charge in [-0.25, -0.2) is 4.68 Å². The first-order valence-corrected chi connectivity index (χ1v) is 12.5. The molecule has 37 heavy (non-hydrogen) atoms. The number of thiol groups is 1. The Balaban J connectivity index is 0.000000265. The molecular formula is C28H30ClN5O2S. The van der Waals surface area contributed by atoms with Crippen LogP contribution >= 0.6 is 24.2 Å². The van der Waals surface area contributed by atoms with Crippen LogP contribution < -0.4 is 16.4 Å². The van der Waals surface area contributed by atoms with Crippen molar-refractivity contribution in [1.82, 2.24) is 15.1 Å². The average Bonchev–Trinajstić information content (AvgIpc) is 3.30. The van der Waals surface area contributed by atoms with E-state index in [1.165, 1.54) is 5.56 Å². The van der Waals surface area contributed by atoms with Crippen LogP contribution in [0.5, 0.6) is 0 Å². The minimum absolute atomic E-state index is 0.352. The zero-order valence-corrected chi connectivity index (χ0v) is 22.6. The number of hydrogen-bond donors (Lipinski definition) is 4. The van der Waals surface area contributed by atoms with Gasteiger partial charge in [0, 0.05) is 34.3 Å². The molecule has 1 aliphatic carbocycles. The Morgan fingerprint density at radius 2 is 1.73 bits per heavy atom. The maximum absolute atomic E-state index is 11.9. The molecule has 0 aliphatic heterocycles. The first kappa shape index (κ1) is 28.0. The Bertz CT molecular complexity index is 1390. The number of nitrogens with one attached hydrogen (secondary N) is 2. The Kier molecular flexibility index (Phi) is 9.91. The van der Waals surface area contributed by atoms with Gasteiger partial charge in [-0.15, -0.1) is 12.6 Å². The summed E-state index contributed by atoms with van der Waals surface area (Å²) in [5.74, 6) is -0.492. The van der Waals surface area contributed by atoms with E-state index in [-0.39, 0.29) is 0 Å². The van der Waals surface area contributed by atoms with Crippen molar-refractivity contribution in [1.29, 1.82) is 0 Å². The van der Waals surface area contributed by atoms with Crippen molar-refractivity contribution in [2.45, 2.75) is 17.7 Å². The highest BCUT2D eigenvalue weighted by atomic mass is 35.5. The molecule has 0 saturated carbocycles. The number of hydrogen-bond acceptors (Lipinski definition) is 6. The van der Waals surface area contributed by atoms with E-state index in [9.17, 15) is 9.59 Å². The highest BCUT2D eigenvalue weighted by Crippen LogP contribution is 2.38. The van der Waals surface area contributed by atoms with Crippen LogP contribution in [0.3, 0.4) is 0 Å². The topological polar surface area (TPSA) is 102 Å². The normalized spacial score (nSPS) is 11.1. The number of primary amides is 1. The molecule has 4 aromatic rings. The third kappa shape index (κ3) is 6.60. The number of halogens is 1. The summed E-state index contributed by atoms with van der Waals surface area (Å²) in [6.07, 6.45) is 2.36. The molecule has 0 fully saturated rings. The molecule has 0 bridgehead atoms. The van der Waals surface area contributed by atoms with Crippen LogP contribution in [-0.2, 0) is 12.8 Å². The van der Waals surface area contributed by atoms with Crippen LogP contribution in [0.4, 0.5) is 5.69 Å². The van der Waals surface area contributed by atoms with Crippen molar-refractivity contribution in [3.63, 3.8) is 0 Å². The summed E-state index contributed by atoms with van der Waals surface area (Å²) in [4.78, 5) is 22.9. The number of fused-ring (bicyclic) bond motifs is 3. The molecule has 1 aromatic heterocycles. The van der Waals surface area contributed by atoms with Gasteiger partial charge in [0.2, 0.25) is 0 Å². The fourth-order valence-electron chi connectivity index (χ4n) is 3.94. The molecule has 7 nitrogen and oxygen atoms in total. The summed E-state index contributed by atoms with van der Waals surface area (Å²) in [7, 11) is 5.64. The van der Waals surface area contributed by atoms with E-state index in [1.807, 2.05) is 50.1 Å². The van der Waals surface area contributed by atoms with Gasteiger partial charge in [-0.1, -0.05) is 35.9 Å². The molecule has 0 radical (unpaired) electrons. The van der Waals surface area contributed by atoms with Crippen LogP contribution in [0.15, 0.2) is 71.6 Å². The van der Waals surface area contributed by atoms with Crippen molar-refractivity contribution in [3.8, 4) is 16.9 Å². The SMILES string of the molecule is CNC.CNc1ccc2c(c1)-c1c(c(C(N)=O)nn1-c1ccc(S)cc1)CC2.O=Cc1ccccc1Cl. The number of nitrogens with two attached hydrogens (primary N) is 1. The van der Waals surface area contributed by atoms with E-state index in [1.54, 1.807) is 24.3 Å². The maximum Gasteiger partial charge on any atom is 0.269 e. The molecule has 3 aromatic carbocycles. The number of benzene rings is 3. The second-order valence-electron chi connectivity index (χ2n) is 8.23. The van der Waals surface area contributed by atoms with Crippen LogP contribution in [-0.4, -0.2) is 43.1 Å². The predicted molar refractivity (Wildman–Crippen MR) is 154 cm³/mol. The highest BCUT2D eigenvalue weighted by Gasteiger charge is 2.28.